The Labute approximate surface area is 87.0 Å². The molecule has 6 nitrogen and oxygen atoms in total. The standard InChI is InChI=1S/C9H13N5O/c1-9(2,15)5-11-7-8-13-12-6-14(8)4-3-10-7/h3-4,6,15H,5H2,1-2H3,(H,10,11). The number of aliphatic hydroxyl groups is 1. The zero-order valence-corrected chi connectivity index (χ0v) is 8.68. The van der Waals surface area contributed by atoms with Crippen molar-refractivity contribution < 1.29 is 5.11 Å². The van der Waals surface area contributed by atoms with Crippen molar-refractivity contribution in [1.29, 1.82) is 0 Å². The van der Waals surface area contributed by atoms with E-state index in [4.69, 9.17) is 0 Å². The van der Waals surface area contributed by atoms with Gasteiger partial charge >= 0.3 is 0 Å². The van der Waals surface area contributed by atoms with E-state index in [1.807, 2.05) is 0 Å². The smallest absolute Gasteiger partial charge is 0.203 e. The molecule has 0 aromatic carbocycles. The molecule has 0 spiro atoms. The van der Waals surface area contributed by atoms with E-state index >= 15 is 0 Å². The maximum absolute atomic E-state index is 9.57. The number of nitrogens with one attached hydrogen (secondary N) is 1. The second-order valence-corrected chi connectivity index (χ2v) is 4.00. The fourth-order valence-electron chi connectivity index (χ4n) is 1.18. The molecular weight excluding hydrogens is 194 g/mol. The van der Waals surface area contributed by atoms with Crippen LogP contribution in [0.1, 0.15) is 13.8 Å². The van der Waals surface area contributed by atoms with Crippen molar-refractivity contribution >= 4 is 11.5 Å². The van der Waals surface area contributed by atoms with Crippen molar-refractivity contribution in [2.75, 3.05) is 11.9 Å². The largest absolute Gasteiger partial charge is 0.389 e. The van der Waals surface area contributed by atoms with Crippen molar-refractivity contribution in [1.82, 2.24) is 19.6 Å². The summed E-state index contributed by atoms with van der Waals surface area (Å²) in [4.78, 5) is 4.14. The van der Waals surface area contributed by atoms with Gasteiger partial charge in [-0.3, -0.25) is 4.40 Å². The molecule has 0 radical (unpaired) electrons. The molecule has 0 atom stereocenters. The minimum Gasteiger partial charge on any atom is -0.389 e. The van der Waals surface area contributed by atoms with Gasteiger partial charge in [0.05, 0.1) is 5.60 Å². The molecule has 0 bridgehead atoms. The highest BCUT2D eigenvalue weighted by Crippen LogP contribution is 2.11. The first kappa shape index (κ1) is 9.85. The van der Waals surface area contributed by atoms with Crippen LogP contribution in [0.3, 0.4) is 0 Å². The molecule has 0 aliphatic carbocycles. The molecule has 0 amide bonds. The van der Waals surface area contributed by atoms with E-state index in [2.05, 4.69) is 20.5 Å². The Morgan fingerprint density at radius 2 is 2.33 bits per heavy atom. The van der Waals surface area contributed by atoms with Crippen LogP contribution >= 0.6 is 0 Å². The van der Waals surface area contributed by atoms with Gasteiger partial charge < -0.3 is 10.4 Å². The lowest BCUT2D eigenvalue weighted by molar-refractivity contribution is 0.0944. The highest BCUT2D eigenvalue weighted by Gasteiger charge is 2.13. The van der Waals surface area contributed by atoms with Crippen molar-refractivity contribution in [3.8, 4) is 0 Å². The lowest BCUT2D eigenvalue weighted by Gasteiger charge is -2.17. The highest BCUT2D eigenvalue weighted by molar-refractivity contribution is 5.61. The molecule has 0 aliphatic heterocycles. The van der Waals surface area contributed by atoms with E-state index in [1.165, 1.54) is 0 Å². The summed E-state index contributed by atoms with van der Waals surface area (Å²) in [6.07, 6.45) is 5.03. The number of fused-ring (bicyclic) bond motifs is 1. The zero-order chi connectivity index (χ0) is 10.9. The van der Waals surface area contributed by atoms with Gasteiger partial charge in [-0.15, -0.1) is 10.2 Å². The molecule has 15 heavy (non-hydrogen) atoms. The van der Waals surface area contributed by atoms with Gasteiger partial charge in [0.25, 0.3) is 0 Å². The number of anilines is 1. The molecule has 2 aromatic heterocycles. The summed E-state index contributed by atoms with van der Waals surface area (Å²) in [5.74, 6) is 0.622. The van der Waals surface area contributed by atoms with Crippen molar-refractivity contribution in [3.63, 3.8) is 0 Å². The third-order valence-corrected chi connectivity index (χ3v) is 1.90. The van der Waals surface area contributed by atoms with Gasteiger partial charge in [-0.2, -0.15) is 0 Å². The van der Waals surface area contributed by atoms with Crippen LogP contribution in [0.2, 0.25) is 0 Å². The first-order valence-electron chi connectivity index (χ1n) is 4.67. The fourth-order valence-corrected chi connectivity index (χ4v) is 1.18. The number of rotatable bonds is 3. The molecule has 0 fully saturated rings. The van der Waals surface area contributed by atoms with Crippen LogP contribution in [0, 0.1) is 0 Å². The van der Waals surface area contributed by atoms with Gasteiger partial charge in [0, 0.05) is 18.9 Å². The van der Waals surface area contributed by atoms with Gasteiger partial charge in [-0.1, -0.05) is 0 Å². The van der Waals surface area contributed by atoms with E-state index in [0.29, 0.717) is 18.0 Å². The lowest BCUT2D eigenvalue weighted by atomic mass is 10.1. The van der Waals surface area contributed by atoms with Crippen LogP contribution in [0.15, 0.2) is 18.7 Å². The van der Waals surface area contributed by atoms with E-state index < -0.39 is 5.60 Å². The Balaban J connectivity index is 2.24. The third kappa shape index (κ3) is 2.21. The lowest BCUT2D eigenvalue weighted by Crippen LogP contribution is -2.29. The van der Waals surface area contributed by atoms with Crippen LogP contribution < -0.4 is 5.32 Å². The molecule has 0 unspecified atom stereocenters. The Kier molecular flexibility index (Phi) is 2.28. The summed E-state index contributed by atoms with van der Waals surface area (Å²) in [6.45, 7) is 3.86. The summed E-state index contributed by atoms with van der Waals surface area (Å²) < 4.78 is 1.76. The first-order chi connectivity index (χ1) is 7.06. The van der Waals surface area contributed by atoms with Crippen molar-refractivity contribution in [2.24, 2.45) is 0 Å². The summed E-state index contributed by atoms with van der Waals surface area (Å²) in [6, 6.07) is 0. The van der Waals surface area contributed by atoms with Gasteiger partial charge in [0.15, 0.2) is 5.82 Å². The van der Waals surface area contributed by atoms with Crippen molar-refractivity contribution in [3.05, 3.63) is 18.7 Å². The number of aromatic nitrogens is 4. The SMILES string of the molecule is CC(C)(O)CNc1nccn2cnnc12. The Hall–Kier alpha value is -1.69. The predicted molar refractivity (Wildman–Crippen MR) is 55.6 cm³/mol. The van der Waals surface area contributed by atoms with Crippen LogP contribution in [-0.4, -0.2) is 36.8 Å². The molecule has 0 saturated heterocycles. The maximum Gasteiger partial charge on any atom is 0.203 e. The molecule has 2 rings (SSSR count). The molecule has 2 heterocycles. The fraction of sp³-hybridized carbons (Fsp3) is 0.444. The van der Waals surface area contributed by atoms with Crippen LogP contribution in [0.4, 0.5) is 5.82 Å². The molecule has 0 saturated carbocycles. The van der Waals surface area contributed by atoms with E-state index in [-0.39, 0.29) is 0 Å². The number of hydrogen-bond acceptors (Lipinski definition) is 5. The summed E-state index contributed by atoms with van der Waals surface area (Å²) in [7, 11) is 0. The molecule has 2 aromatic rings. The third-order valence-electron chi connectivity index (χ3n) is 1.90. The van der Waals surface area contributed by atoms with Crippen LogP contribution in [0.5, 0.6) is 0 Å². The van der Waals surface area contributed by atoms with Crippen LogP contribution in [-0.2, 0) is 0 Å². The maximum atomic E-state index is 9.57. The minimum atomic E-state index is -0.783. The molecule has 2 N–H and O–H groups in total. The highest BCUT2D eigenvalue weighted by atomic mass is 16.3. The summed E-state index contributed by atoms with van der Waals surface area (Å²) in [5, 5.41) is 20.3. The average Bonchev–Trinajstić information content (AvgIpc) is 2.61. The number of nitrogens with zero attached hydrogens (tertiary/aromatic N) is 4. The minimum absolute atomic E-state index is 0.409. The quantitative estimate of drug-likeness (QED) is 0.757. The van der Waals surface area contributed by atoms with Crippen LogP contribution in [0.25, 0.3) is 5.65 Å². The van der Waals surface area contributed by atoms with Gasteiger partial charge in [0.2, 0.25) is 5.65 Å². The average molecular weight is 207 g/mol. The number of hydrogen-bond donors (Lipinski definition) is 2. The van der Waals surface area contributed by atoms with E-state index in [1.54, 1.807) is 37.0 Å². The molecule has 0 aliphatic rings. The predicted octanol–water partition coefficient (Wildman–Crippen LogP) is 0.307. The normalized spacial score (nSPS) is 11.9. The molecule has 80 valence electrons. The molecule has 6 heteroatoms. The van der Waals surface area contributed by atoms with E-state index in [9.17, 15) is 5.11 Å². The second-order valence-electron chi connectivity index (χ2n) is 4.00. The molecular formula is C9H13N5O. The topological polar surface area (TPSA) is 75.3 Å². The van der Waals surface area contributed by atoms with Crippen molar-refractivity contribution in [2.45, 2.75) is 19.4 Å². The van der Waals surface area contributed by atoms with Gasteiger partial charge in [0.1, 0.15) is 6.33 Å². The second kappa shape index (κ2) is 3.47. The Bertz CT molecular complexity index is 459. The first-order valence-corrected chi connectivity index (χ1v) is 4.67. The Morgan fingerprint density at radius 1 is 1.53 bits per heavy atom. The monoisotopic (exact) mass is 207 g/mol. The van der Waals surface area contributed by atoms with E-state index in [0.717, 1.165) is 0 Å². The summed E-state index contributed by atoms with van der Waals surface area (Å²) >= 11 is 0. The zero-order valence-electron chi connectivity index (χ0n) is 8.68. The van der Waals surface area contributed by atoms with Gasteiger partial charge in [-0.25, -0.2) is 4.98 Å². The summed E-state index contributed by atoms with van der Waals surface area (Å²) in [5.41, 5.74) is -0.129. The van der Waals surface area contributed by atoms with Gasteiger partial charge in [-0.05, 0) is 13.8 Å². The Morgan fingerprint density at radius 3 is 3.07 bits per heavy atom.